The fraction of sp³-hybridized carbons (Fsp3) is 0.577. The Morgan fingerprint density at radius 1 is 1.38 bits per heavy atom. The Bertz CT molecular complexity index is 820. The van der Waals surface area contributed by atoms with Crippen LogP contribution in [0.2, 0.25) is 0 Å². The maximum atomic E-state index is 9.16. The Balaban J connectivity index is 1.92. The van der Waals surface area contributed by atoms with Crippen molar-refractivity contribution in [3.8, 4) is 6.07 Å². The fourth-order valence-electron chi connectivity index (χ4n) is 3.91. The van der Waals surface area contributed by atoms with Gasteiger partial charge in [-0.1, -0.05) is 35.4 Å². The number of nitrogens with one attached hydrogen (secondary N) is 1. The lowest BCUT2D eigenvalue weighted by Crippen LogP contribution is -2.49. The average molecular weight is 437 g/mol. The molecule has 0 aromatic heterocycles. The van der Waals surface area contributed by atoms with Crippen LogP contribution in [-0.2, 0) is 0 Å². The van der Waals surface area contributed by atoms with Crippen LogP contribution in [-0.4, -0.2) is 54.2 Å². The molecule has 174 valence electrons. The van der Waals surface area contributed by atoms with Crippen LogP contribution in [0.1, 0.15) is 58.9 Å². The van der Waals surface area contributed by atoms with Gasteiger partial charge in [-0.25, -0.2) is 0 Å². The summed E-state index contributed by atoms with van der Waals surface area (Å²) in [4.78, 5) is 2.52. The molecule has 0 spiro atoms. The predicted molar refractivity (Wildman–Crippen MR) is 134 cm³/mol. The van der Waals surface area contributed by atoms with Crippen molar-refractivity contribution >= 4 is 5.69 Å². The van der Waals surface area contributed by atoms with E-state index in [2.05, 4.69) is 67.0 Å². The van der Waals surface area contributed by atoms with Gasteiger partial charge in [0.25, 0.3) is 0 Å². The molecule has 1 N–H and O–H groups in total. The third-order valence-corrected chi connectivity index (χ3v) is 6.57. The van der Waals surface area contributed by atoms with Gasteiger partial charge in [0, 0.05) is 44.0 Å². The molecule has 1 fully saturated rings. The Morgan fingerprint density at radius 2 is 2.12 bits per heavy atom. The molecular formula is C26H40N6. The van der Waals surface area contributed by atoms with E-state index < -0.39 is 0 Å². The summed E-state index contributed by atoms with van der Waals surface area (Å²) in [6.45, 7) is 14.2. The quantitative estimate of drug-likeness (QED) is 0.241. The van der Waals surface area contributed by atoms with E-state index in [1.54, 1.807) is 0 Å². The molecule has 32 heavy (non-hydrogen) atoms. The molecular weight excluding hydrogens is 396 g/mol. The van der Waals surface area contributed by atoms with Gasteiger partial charge in [-0.15, -0.1) is 6.58 Å². The molecule has 6 nitrogen and oxygen atoms in total. The zero-order valence-corrected chi connectivity index (χ0v) is 20.5. The minimum atomic E-state index is 0.123. The number of hydrogen-bond acceptors (Lipinski definition) is 5. The maximum absolute atomic E-state index is 9.16. The normalized spacial score (nSPS) is 17.5. The first-order valence-corrected chi connectivity index (χ1v) is 11.8. The standard InChI is InChI=1S/C26H40N6/c1-7-16-32(25-13-10-14-25)22(5)21(4)29-30-31(6)17-15-26(20(3)8-2)28-24-12-9-11-23(18-24)19-27/h7-9,11-12,18,21-22,25-26,28H,1,10,13-17H2,2-6H3/b20-8+,30-29?. The van der Waals surface area contributed by atoms with Gasteiger partial charge in [0.15, 0.2) is 0 Å². The summed E-state index contributed by atoms with van der Waals surface area (Å²) in [6, 6.07) is 11.1. The molecule has 2 rings (SSSR count). The zero-order valence-electron chi connectivity index (χ0n) is 20.5. The molecule has 1 saturated carbocycles. The summed E-state index contributed by atoms with van der Waals surface area (Å²) in [5.74, 6) is 0. The third kappa shape index (κ3) is 7.49. The molecule has 0 saturated heterocycles. The van der Waals surface area contributed by atoms with Gasteiger partial charge in [-0.2, -0.15) is 10.4 Å². The van der Waals surface area contributed by atoms with Crippen molar-refractivity contribution in [1.29, 1.82) is 5.26 Å². The molecule has 1 aliphatic carbocycles. The minimum absolute atomic E-state index is 0.123. The highest BCUT2D eigenvalue weighted by Crippen LogP contribution is 2.27. The topological polar surface area (TPSA) is 67.0 Å². The average Bonchev–Trinajstić information content (AvgIpc) is 2.77. The summed E-state index contributed by atoms with van der Waals surface area (Å²) < 4.78 is 0. The summed E-state index contributed by atoms with van der Waals surface area (Å²) in [6.07, 6.45) is 8.89. The van der Waals surface area contributed by atoms with E-state index in [1.807, 2.05) is 42.4 Å². The van der Waals surface area contributed by atoms with Gasteiger partial charge < -0.3 is 5.32 Å². The fourth-order valence-corrected chi connectivity index (χ4v) is 3.91. The summed E-state index contributed by atoms with van der Waals surface area (Å²) in [7, 11) is 1.98. The van der Waals surface area contributed by atoms with Crippen molar-refractivity contribution in [3.63, 3.8) is 0 Å². The summed E-state index contributed by atoms with van der Waals surface area (Å²) in [5.41, 5.74) is 2.88. The summed E-state index contributed by atoms with van der Waals surface area (Å²) in [5, 5.41) is 23.8. The number of nitriles is 1. The number of benzene rings is 1. The molecule has 1 aromatic carbocycles. The van der Waals surface area contributed by atoms with Crippen LogP contribution < -0.4 is 5.32 Å². The lowest BCUT2D eigenvalue weighted by atomic mass is 9.89. The summed E-state index contributed by atoms with van der Waals surface area (Å²) >= 11 is 0. The van der Waals surface area contributed by atoms with Gasteiger partial charge in [-0.3, -0.25) is 9.91 Å². The van der Waals surface area contributed by atoms with Crippen LogP contribution in [0.5, 0.6) is 0 Å². The highest BCUT2D eigenvalue weighted by Gasteiger charge is 2.30. The first-order chi connectivity index (χ1) is 15.4. The van der Waals surface area contributed by atoms with Crippen LogP contribution in [0.25, 0.3) is 0 Å². The molecule has 1 aliphatic rings. The Hall–Kier alpha value is -2.65. The first-order valence-electron chi connectivity index (χ1n) is 11.8. The molecule has 0 amide bonds. The van der Waals surface area contributed by atoms with Crippen molar-refractivity contribution in [3.05, 3.63) is 54.1 Å². The smallest absolute Gasteiger partial charge is 0.0992 e. The van der Waals surface area contributed by atoms with E-state index in [0.717, 1.165) is 25.2 Å². The second-order valence-electron chi connectivity index (χ2n) is 8.85. The number of nitrogens with zero attached hydrogens (tertiary/aromatic N) is 5. The Morgan fingerprint density at radius 3 is 2.72 bits per heavy atom. The van der Waals surface area contributed by atoms with Crippen LogP contribution >= 0.6 is 0 Å². The van der Waals surface area contributed by atoms with Crippen LogP contribution in [0.3, 0.4) is 0 Å². The van der Waals surface area contributed by atoms with E-state index >= 15 is 0 Å². The monoisotopic (exact) mass is 436 g/mol. The number of anilines is 1. The van der Waals surface area contributed by atoms with Gasteiger partial charge in [0.2, 0.25) is 0 Å². The highest BCUT2D eigenvalue weighted by molar-refractivity contribution is 5.50. The van der Waals surface area contributed by atoms with Gasteiger partial charge in [0.05, 0.1) is 17.7 Å². The van der Waals surface area contributed by atoms with Gasteiger partial charge in [0.1, 0.15) is 0 Å². The van der Waals surface area contributed by atoms with Gasteiger partial charge >= 0.3 is 0 Å². The van der Waals surface area contributed by atoms with Crippen molar-refractivity contribution in [1.82, 2.24) is 9.91 Å². The maximum Gasteiger partial charge on any atom is 0.0992 e. The molecule has 3 unspecified atom stereocenters. The van der Waals surface area contributed by atoms with Crippen LogP contribution in [0.15, 0.2) is 58.9 Å². The first kappa shape index (κ1) is 25.6. The highest BCUT2D eigenvalue weighted by atomic mass is 15.5. The molecule has 0 bridgehead atoms. The molecule has 6 heteroatoms. The van der Waals surface area contributed by atoms with E-state index in [9.17, 15) is 0 Å². The number of allylic oxidation sites excluding steroid dienone is 1. The van der Waals surface area contributed by atoms with Crippen molar-refractivity contribution in [2.45, 2.75) is 77.5 Å². The van der Waals surface area contributed by atoms with Crippen molar-refractivity contribution in [2.24, 2.45) is 10.3 Å². The second-order valence-corrected chi connectivity index (χ2v) is 8.85. The molecule has 0 aliphatic heterocycles. The van der Waals surface area contributed by atoms with E-state index in [1.165, 1.54) is 24.8 Å². The molecule has 1 aromatic rings. The van der Waals surface area contributed by atoms with E-state index in [0.29, 0.717) is 17.6 Å². The number of rotatable bonds is 13. The van der Waals surface area contributed by atoms with Crippen molar-refractivity contribution in [2.75, 3.05) is 25.5 Å². The second kappa shape index (κ2) is 13.0. The van der Waals surface area contributed by atoms with Crippen LogP contribution in [0.4, 0.5) is 5.69 Å². The molecule has 0 radical (unpaired) electrons. The lowest BCUT2D eigenvalue weighted by Gasteiger charge is -2.41. The van der Waals surface area contributed by atoms with E-state index in [4.69, 9.17) is 5.26 Å². The van der Waals surface area contributed by atoms with E-state index in [-0.39, 0.29) is 12.1 Å². The minimum Gasteiger partial charge on any atom is -0.378 e. The predicted octanol–water partition coefficient (Wildman–Crippen LogP) is 5.81. The molecule has 3 atom stereocenters. The Labute approximate surface area is 194 Å². The van der Waals surface area contributed by atoms with Crippen molar-refractivity contribution < 1.29 is 0 Å². The largest absolute Gasteiger partial charge is 0.378 e. The van der Waals surface area contributed by atoms with Crippen LogP contribution in [0, 0.1) is 11.3 Å². The third-order valence-electron chi connectivity index (χ3n) is 6.57. The molecule has 0 heterocycles. The Kier molecular flexibility index (Phi) is 10.4. The SMILES string of the molecule is C=CCN(C1CCC1)C(C)C(C)N=NN(C)CCC(Nc1cccc(C#N)c1)/C(C)=C/C. The van der Waals surface area contributed by atoms with Gasteiger partial charge in [-0.05, 0) is 65.2 Å². The zero-order chi connectivity index (χ0) is 23.5. The number of hydrogen-bond donors (Lipinski definition) is 1. The lowest BCUT2D eigenvalue weighted by molar-refractivity contribution is 0.0880.